The topological polar surface area (TPSA) is 75.4 Å². The summed E-state index contributed by atoms with van der Waals surface area (Å²) in [6.45, 7) is 5.56. The zero-order valence-electron chi connectivity index (χ0n) is 18.5. The lowest BCUT2D eigenvalue weighted by atomic mass is 9.75. The van der Waals surface area contributed by atoms with E-state index in [4.69, 9.17) is 0 Å². The highest BCUT2D eigenvalue weighted by atomic mass is 16.3. The van der Waals surface area contributed by atoms with Crippen LogP contribution in [0.2, 0.25) is 0 Å². The van der Waals surface area contributed by atoms with E-state index in [0.29, 0.717) is 25.3 Å². The van der Waals surface area contributed by atoms with Gasteiger partial charge in [0.15, 0.2) is 5.69 Å². The predicted molar refractivity (Wildman–Crippen MR) is 119 cm³/mol. The molecule has 6 nitrogen and oxygen atoms in total. The molecule has 0 bridgehead atoms. The monoisotopic (exact) mass is 421 g/mol. The van der Waals surface area contributed by atoms with E-state index in [0.717, 1.165) is 44.9 Å². The fourth-order valence-electron chi connectivity index (χ4n) is 6.14. The normalized spacial score (nSPS) is 22.3. The summed E-state index contributed by atoms with van der Waals surface area (Å²) in [6.07, 6.45) is 8.05. The molecule has 1 aromatic heterocycles. The Balaban J connectivity index is 1.62. The van der Waals surface area contributed by atoms with Crippen LogP contribution in [0.1, 0.15) is 77.9 Å². The molecule has 1 saturated heterocycles. The molecule has 31 heavy (non-hydrogen) atoms. The third kappa shape index (κ3) is 3.36. The summed E-state index contributed by atoms with van der Waals surface area (Å²) in [5.41, 5.74) is 3.17. The maximum absolute atomic E-state index is 13.2. The van der Waals surface area contributed by atoms with E-state index in [1.165, 1.54) is 16.7 Å². The number of fused-ring (bicyclic) bond motifs is 2. The number of hydrogen-bond acceptors (Lipinski definition) is 4. The summed E-state index contributed by atoms with van der Waals surface area (Å²) < 4.78 is 1.87. The average Bonchev–Trinajstić information content (AvgIpc) is 3.21. The molecule has 3 heterocycles. The smallest absolute Gasteiger partial charge is 0.315 e. The van der Waals surface area contributed by atoms with Crippen LogP contribution in [0.4, 0.5) is 0 Å². The minimum Gasteiger partial charge on any atom is -0.501 e. The number of carbonyl (C=O) groups is 1. The van der Waals surface area contributed by atoms with Crippen LogP contribution >= 0.6 is 0 Å². The second kappa shape index (κ2) is 7.50. The SMILES string of the molecule is Cc1cc(C)cc(C2(Cc3nc(=O)c(O)c4n3CC3CCCCN3C4=O)CCCC2)c1. The Hall–Kier alpha value is -2.63. The summed E-state index contributed by atoms with van der Waals surface area (Å²) in [5.74, 6) is -0.0665. The molecule has 5 rings (SSSR count). The lowest BCUT2D eigenvalue weighted by Crippen LogP contribution is -2.52. The molecular formula is C25H31N3O3. The van der Waals surface area contributed by atoms with Crippen molar-refractivity contribution in [3.05, 3.63) is 56.8 Å². The molecule has 0 spiro atoms. The molecule has 1 atom stereocenters. The quantitative estimate of drug-likeness (QED) is 0.821. The van der Waals surface area contributed by atoms with Crippen molar-refractivity contribution in [3.8, 4) is 5.75 Å². The van der Waals surface area contributed by atoms with Gasteiger partial charge in [-0.15, -0.1) is 0 Å². The highest BCUT2D eigenvalue weighted by Gasteiger charge is 2.41. The number of aromatic nitrogens is 2. The number of carbonyl (C=O) groups excluding carboxylic acids is 1. The van der Waals surface area contributed by atoms with Crippen LogP contribution in [0.3, 0.4) is 0 Å². The van der Waals surface area contributed by atoms with Crippen molar-refractivity contribution in [2.45, 2.75) is 83.2 Å². The van der Waals surface area contributed by atoms with Gasteiger partial charge in [-0.1, -0.05) is 42.2 Å². The van der Waals surface area contributed by atoms with Gasteiger partial charge in [-0.2, -0.15) is 4.98 Å². The molecular weight excluding hydrogens is 390 g/mol. The predicted octanol–water partition coefficient (Wildman–Crippen LogP) is 3.63. The van der Waals surface area contributed by atoms with Crippen LogP contribution < -0.4 is 5.56 Å². The molecule has 3 aliphatic rings. The highest BCUT2D eigenvalue weighted by Crippen LogP contribution is 2.44. The van der Waals surface area contributed by atoms with Crippen LogP contribution in [0, 0.1) is 13.8 Å². The van der Waals surface area contributed by atoms with E-state index in [1.54, 1.807) is 0 Å². The molecule has 164 valence electrons. The second-order valence-corrected chi connectivity index (χ2v) is 9.83. The first kappa shape index (κ1) is 20.3. The summed E-state index contributed by atoms with van der Waals surface area (Å²) in [4.78, 5) is 32.0. The van der Waals surface area contributed by atoms with E-state index in [9.17, 15) is 14.7 Å². The lowest BCUT2D eigenvalue weighted by molar-refractivity contribution is 0.0498. The Kier molecular flexibility index (Phi) is 4.91. The van der Waals surface area contributed by atoms with E-state index >= 15 is 0 Å². The number of amides is 1. The molecule has 2 fully saturated rings. The van der Waals surface area contributed by atoms with E-state index < -0.39 is 11.3 Å². The van der Waals surface area contributed by atoms with Crippen LogP contribution in [0.25, 0.3) is 0 Å². The summed E-state index contributed by atoms with van der Waals surface area (Å²) in [6, 6.07) is 6.84. The Morgan fingerprint density at radius 1 is 1.06 bits per heavy atom. The number of nitrogens with zero attached hydrogens (tertiary/aromatic N) is 3. The first-order valence-corrected chi connectivity index (χ1v) is 11.6. The zero-order chi connectivity index (χ0) is 21.8. The van der Waals surface area contributed by atoms with Gasteiger partial charge >= 0.3 is 5.56 Å². The van der Waals surface area contributed by atoms with Gasteiger partial charge < -0.3 is 14.6 Å². The van der Waals surface area contributed by atoms with Crippen LogP contribution in [0.15, 0.2) is 23.0 Å². The molecule has 0 radical (unpaired) electrons. The Morgan fingerprint density at radius 3 is 2.48 bits per heavy atom. The van der Waals surface area contributed by atoms with Crippen molar-refractivity contribution < 1.29 is 9.90 Å². The van der Waals surface area contributed by atoms with Gasteiger partial charge in [0.05, 0.1) is 6.04 Å². The van der Waals surface area contributed by atoms with Crippen molar-refractivity contribution in [1.82, 2.24) is 14.5 Å². The van der Waals surface area contributed by atoms with Crippen LogP contribution in [-0.4, -0.2) is 38.1 Å². The molecule has 2 aliphatic heterocycles. The minimum atomic E-state index is -0.682. The van der Waals surface area contributed by atoms with Crippen LogP contribution in [-0.2, 0) is 18.4 Å². The summed E-state index contributed by atoms with van der Waals surface area (Å²) in [5, 5.41) is 10.5. The average molecular weight is 422 g/mol. The summed E-state index contributed by atoms with van der Waals surface area (Å²) in [7, 11) is 0. The van der Waals surface area contributed by atoms with Crippen molar-refractivity contribution in [1.29, 1.82) is 0 Å². The van der Waals surface area contributed by atoms with E-state index in [2.05, 4.69) is 37.0 Å². The third-order valence-electron chi connectivity index (χ3n) is 7.61. The largest absolute Gasteiger partial charge is 0.501 e. The molecule has 1 saturated carbocycles. The number of piperidine rings is 1. The zero-order valence-corrected chi connectivity index (χ0v) is 18.5. The number of aryl methyl sites for hydroxylation is 2. The highest BCUT2D eigenvalue weighted by molar-refractivity contribution is 5.96. The maximum atomic E-state index is 13.2. The van der Waals surface area contributed by atoms with Gasteiger partial charge in [-0.05, 0) is 51.5 Å². The van der Waals surface area contributed by atoms with Gasteiger partial charge in [0, 0.05) is 24.9 Å². The standard InChI is InChI=1S/C25H31N3O3/c1-16-11-17(2)13-18(12-16)25(8-4-5-9-25)14-20-26-23(30)22(29)21-24(31)27-10-6-3-7-19(27)15-28(20)21/h11-13,19,29H,3-10,14-15H2,1-2H3. The van der Waals surface area contributed by atoms with Crippen molar-refractivity contribution in [2.75, 3.05) is 6.54 Å². The Bertz CT molecular complexity index is 1080. The molecule has 1 N–H and O–H groups in total. The fourth-order valence-corrected chi connectivity index (χ4v) is 6.14. The molecule has 6 heteroatoms. The number of benzene rings is 1. The van der Waals surface area contributed by atoms with E-state index in [1.807, 2.05) is 9.47 Å². The van der Waals surface area contributed by atoms with Crippen molar-refractivity contribution in [2.24, 2.45) is 0 Å². The summed E-state index contributed by atoms with van der Waals surface area (Å²) >= 11 is 0. The number of rotatable bonds is 3. The number of aromatic hydroxyl groups is 1. The van der Waals surface area contributed by atoms with Gasteiger partial charge in [-0.25, -0.2) is 0 Å². The fraction of sp³-hybridized carbons (Fsp3) is 0.560. The van der Waals surface area contributed by atoms with Crippen molar-refractivity contribution in [3.63, 3.8) is 0 Å². The molecule has 1 unspecified atom stereocenters. The first-order chi connectivity index (χ1) is 14.9. The van der Waals surface area contributed by atoms with Gasteiger partial charge in [0.2, 0.25) is 5.75 Å². The molecule has 1 aliphatic carbocycles. The second-order valence-electron chi connectivity index (χ2n) is 9.83. The lowest BCUT2D eigenvalue weighted by Gasteiger charge is -2.42. The minimum absolute atomic E-state index is 0.0826. The molecule has 1 aromatic carbocycles. The Labute approximate surface area is 182 Å². The maximum Gasteiger partial charge on any atom is 0.315 e. The third-order valence-corrected chi connectivity index (χ3v) is 7.61. The van der Waals surface area contributed by atoms with Crippen molar-refractivity contribution >= 4 is 5.91 Å². The molecule has 2 aromatic rings. The first-order valence-electron chi connectivity index (χ1n) is 11.6. The Morgan fingerprint density at radius 2 is 1.77 bits per heavy atom. The van der Waals surface area contributed by atoms with Gasteiger partial charge in [0.1, 0.15) is 5.82 Å². The molecule has 1 amide bonds. The van der Waals surface area contributed by atoms with Gasteiger partial charge in [0.25, 0.3) is 5.91 Å². The number of hydrogen-bond donors (Lipinski definition) is 1. The van der Waals surface area contributed by atoms with E-state index in [-0.39, 0.29) is 23.1 Å². The van der Waals surface area contributed by atoms with Crippen LogP contribution in [0.5, 0.6) is 5.75 Å². The van der Waals surface area contributed by atoms with Gasteiger partial charge in [-0.3, -0.25) is 9.59 Å².